The maximum absolute atomic E-state index is 13.2. The zero-order chi connectivity index (χ0) is 11.2. The molecule has 0 aromatic rings. The van der Waals surface area contributed by atoms with Crippen LogP contribution in [-0.4, -0.2) is 31.1 Å². The van der Waals surface area contributed by atoms with E-state index in [0.717, 1.165) is 26.1 Å². The van der Waals surface area contributed by atoms with E-state index in [4.69, 9.17) is 4.74 Å². The van der Waals surface area contributed by atoms with Gasteiger partial charge in [-0.25, -0.2) is 4.39 Å². The summed E-state index contributed by atoms with van der Waals surface area (Å²) in [5, 5.41) is 0. The SMILES string of the molecule is FC1=C[CH]CC=C1OCCN1CCCCC1. The first-order chi connectivity index (χ1) is 7.86. The lowest BCUT2D eigenvalue weighted by Gasteiger charge is -2.26. The monoisotopic (exact) mass is 224 g/mol. The fourth-order valence-electron chi connectivity index (χ4n) is 2.12. The van der Waals surface area contributed by atoms with Crippen molar-refractivity contribution >= 4 is 0 Å². The second-order valence-corrected chi connectivity index (χ2v) is 4.31. The van der Waals surface area contributed by atoms with Crippen LogP contribution in [0.2, 0.25) is 0 Å². The molecule has 3 heteroatoms. The number of hydrogen-bond acceptors (Lipinski definition) is 2. The minimum atomic E-state index is -0.245. The second-order valence-electron chi connectivity index (χ2n) is 4.31. The lowest BCUT2D eigenvalue weighted by molar-refractivity contribution is 0.141. The molecule has 1 radical (unpaired) electrons. The molecule has 0 saturated carbocycles. The molecule has 1 fully saturated rings. The molecule has 89 valence electrons. The summed E-state index contributed by atoms with van der Waals surface area (Å²) in [4.78, 5) is 2.39. The summed E-state index contributed by atoms with van der Waals surface area (Å²) in [6.07, 6.45) is 9.76. The van der Waals surface area contributed by atoms with Crippen LogP contribution in [0.25, 0.3) is 0 Å². The first-order valence-corrected chi connectivity index (χ1v) is 6.11. The highest BCUT2D eigenvalue weighted by Crippen LogP contribution is 2.20. The zero-order valence-corrected chi connectivity index (χ0v) is 9.62. The minimum Gasteiger partial charge on any atom is -0.490 e. The summed E-state index contributed by atoms with van der Waals surface area (Å²) < 4.78 is 18.7. The number of hydrogen-bond donors (Lipinski definition) is 0. The number of piperidine rings is 1. The number of allylic oxidation sites excluding steroid dienone is 3. The second kappa shape index (κ2) is 6.04. The van der Waals surface area contributed by atoms with Gasteiger partial charge in [0.05, 0.1) is 0 Å². The first-order valence-electron chi connectivity index (χ1n) is 6.11. The summed E-state index contributed by atoms with van der Waals surface area (Å²) in [5.74, 6) is 0.171. The van der Waals surface area contributed by atoms with E-state index in [-0.39, 0.29) is 5.83 Å². The van der Waals surface area contributed by atoms with Gasteiger partial charge in [-0.15, -0.1) is 0 Å². The lowest BCUT2D eigenvalue weighted by Crippen LogP contribution is -2.32. The van der Waals surface area contributed by atoms with Gasteiger partial charge in [0, 0.05) is 6.54 Å². The van der Waals surface area contributed by atoms with Gasteiger partial charge in [0.1, 0.15) is 6.61 Å². The molecule has 2 rings (SSSR count). The Balaban J connectivity index is 1.67. The maximum atomic E-state index is 13.2. The van der Waals surface area contributed by atoms with Crippen molar-refractivity contribution < 1.29 is 9.13 Å². The molecule has 0 bridgehead atoms. The molecule has 1 saturated heterocycles. The molecule has 0 N–H and O–H groups in total. The van der Waals surface area contributed by atoms with Crippen molar-refractivity contribution in [1.29, 1.82) is 0 Å². The predicted octanol–water partition coefficient (Wildman–Crippen LogP) is 2.83. The van der Waals surface area contributed by atoms with Crippen LogP contribution in [0, 0.1) is 6.42 Å². The van der Waals surface area contributed by atoms with Crippen molar-refractivity contribution in [2.75, 3.05) is 26.2 Å². The van der Waals surface area contributed by atoms with Crippen LogP contribution < -0.4 is 0 Å². The van der Waals surface area contributed by atoms with Gasteiger partial charge in [-0.3, -0.25) is 4.90 Å². The Morgan fingerprint density at radius 3 is 2.81 bits per heavy atom. The third-order valence-electron chi connectivity index (χ3n) is 3.05. The average molecular weight is 224 g/mol. The van der Waals surface area contributed by atoms with E-state index >= 15 is 0 Å². The number of ether oxygens (including phenoxy) is 1. The zero-order valence-electron chi connectivity index (χ0n) is 9.62. The molecule has 0 amide bonds. The van der Waals surface area contributed by atoms with E-state index in [1.807, 2.05) is 0 Å². The maximum Gasteiger partial charge on any atom is 0.161 e. The molecular weight excluding hydrogens is 205 g/mol. The molecule has 1 heterocycles. The van der Waals surface area contributed by atoms with Gasteiger partial charge in [-0.2, -0.15) is 0 Å². The molecule has 2 aliphatic rings. The highest BCUT2D eigenvalue weighted by atomic mass is 19.1. The standard InChI is InChI=1S/C13H19FNO/c14-12-6-2-3-7-13(12)16-11-10-15-8-4-1-5-9-15/h2,6-7H,1,3-5,8-11H2. The van der Waals surface area contributed by atoms with Gasteiger partial charge in [0.25, 0.3) is 0 Å². The lowest BCUT2D eigenvalue weighted by atomic mass is 10.1. The van der Waals surface area contributed by atoms with Gasteiger partial charge in [-0.1, -0.05) is 6.42 Å². The van der Waals surface area contributed by atoms with Crippen LogP contribution >= 0.6 is 0 Å². The van der Waals surface area contributed by atoms with Crippen molar-refractivity contribution in [3.8, 4) is 0 Å². The molecular formula is C13H19FNO. The Morgan fingerprint density at radius 1 is 1.25 bits per heavy atom. The van der Waals surface area contributed by atoms with Gasteiger partial charge >= 0.3 is 0 Å². The molecule has 0 atom stereocenters. The number of rotatable bonds is 4. The fourth-order valence-corrected chi connectivity index (χ4v) is 2.12. The van der Waals surface area contributed by atoms with E-state index in [1.54, 1.807) is 12.5 Å². The van der Waals surface area contributed by atoms with E-state index in [0.29, 0.717) is 12.4 Å². The van der Waals surface area contributed by atoms with Gasteiger partial charge in [0.15, 0.2) is 11.6 Å². The number of halogens is 1. The van der Waals surface area contributed by atoms with Crippen LogP contribution in [-0.2, 0) is 4.74 Å². The van der Waals surface area contributed by atoms with Crippen LogP contribution in [0.5, 0.6) is 0 Å². The Hall–Kier alpha value is -0.830. The third kappa shape index (κ3) is 3.34. The van der Waals surface area contributed by atoms with Gasteiger partial charge in [0.2, 0.25) is 0 Å². The minimum absolute atomic E-state index is 0.245. The highest BCUT2D eigenvalue weighted by Gasteiger charge is 2.12. The van der Waals surface area contributed by atoms with Crippen LogP contribution in [0.4, 0.5) is 4.39 Å². The Kier molecular flexibility index (Phi) is 4.40. The normalized spacial score (nSPS) is 22.6. The summed E-state index contributed by atoms with van der Waals surface area (Å²) in [6, 6.07) is 0. The molecule has 0 spiro atoms. The van der Waals surface area contributed by atoms with Crippen molar-refractivity contribution in [1.82, 2.24) is 4.90 Å². The average Bonchev–Trinajstić information content (AvgIpc) is 2.33. The predicted molar refractivity (Wildman–Crippen MR) is 62.4 cm³/mol. The molecule has 1 aliphatic heterocycles. The quantitative estimate of drug-likeness (QED) is 0.728. The van der Waals surface area contributed by atoms with Crippen molar-refractivity contribution in [3.63, 3.8) is 0 Å². The number of likely N-dealkylation sites (tertiary alicyclic amines) is 1. The Labute approximate surface area is 96.8 Å². The molecule has 1 aliphatic carbocycles. The van der Waals surface area contributed by atoms with Gasteiger partial charge in [-0.05, 0) is 50.9 Å². The Morgan fingerprint density at radius 2 is 2.06 bits per heavy atom. The smallest absolute Gasteiger partial charge is 0.161 e. The molecule has 0 aromatic heterocycles. The fraction of sp³-hybridized carbons (Fsp3) is 0.615. The van der Waals surface area contributed by atoms with Crippen LogP contribution in [0.1, 0.15) is 25.7 Å². The highest BCUT2D eigenvalue weighted by molar-refractivity contribution is 5.27. The molecule has 0 aromatic carbocycles. The molecule has 2 nitrogen and oxygen atoms in total. The summed E-state index contributed by atoms with van der Waals surface area (Å²) in [5.41, 5.74) is 0. The summed E-state index contributed by atoms with van der Waals surface area (Å²) in [7, 11) is 0. The van der Waals surface area contributed by atoms with Crippen molar-refractivity contribution in [2.45, 2.75) is 25.7 Å². The van der Waals surface area contributed by atoms with E-state index < -0.39 is 0 Å². The first kappa shape index (κ1) is 11.6. The number of nitrogens with zero attached hydrogens (tertiary/aromatic N) is 1. The van der Waals surface area contributed by atoms with Crippen LogP contribution in [0.15, 0.2) is 23.7 Å². The van der Waals surface area contributed by atoms with Crippen molar-refractivity contribution in [3.05, 3.63) is 30.2 Å². The van der Waals surface area contributed by atoms with Crippen LogP contribution in [0.3, 0.4) is 0 Å². The summed E-state index contributed by atoms with van der Waals surface area (Å²) >= 11 is 0. The molecule has 0 unspecified atom stereocenters. The third-order valence-corrected chi connectivity index (χ3v) is 3.05. The molecule has 16 heavy (non-hydrogen) atoms. The van der Waals surface area contributed by atoms with E-state index in [9.17, 15) is 4.39 Å². The topological polar surface area (TPSA) is 12.5 Å². The largest absolute Gasteiger partial charge is 0.490 e. The summed E-state index contributed by atoms with van der Waals surface area (Å²) in [6.45, 7) is 3.82. The van der Waals surface area contributed by atoms with Crippen molar-refractivity contribution in [2.24, 2.45) is 0 Å². The van der Waals surface area contributed by atoms with Gasteiger partial charge < -0.3 is 4.74 Å². The van der Waals surface area contributed by atoms with E-state index in [2.05, 4.69) is 4.90 Å². The Bertz CT molecular complexity index is 280. The van der Waals surface area contributed by atoms with E-state index in [1.165, 1.54) is 25.3 Å².